The molecule has 108 valence electrons. The highest BCUT2D eigenvalue weighted by Crippen LogP contribution is 2.42. The molecule has 1 saturated heterocycles. The first-order chi connectivity index (χ1) is 10.2. The number of benzene rings is 1. The summed E-state index contributed by atoms with van der Waals surface area (Å²) in [6.07, 6.45) is 3.51. The molecule has 1 N–H and O–H groups in total. The molecule has 5 heteroatoms. The molecular formula is C16H15NO4. The number of nitrogens with zero attached hydrogens (tertiary/aromatic N) is 1. The van der Waals surface area contributed by atoms with Crippen molar-refractivity contribution in [1.82, 2.24) is 0 Å². The van der Waals surface area contributed by atoms with Crippen LogP contribution in [0.25, 0.3) is 0 Å². The summed E-state index contributed by atoms with van der Waals surface area (Å²) in [6, 6.07) is 7.78. The van der Waals surface area contributed by atoms with Crippen LogP contribution >= 0.6 is 0 Å². The summed E-state index contributed by atoms with van der Waals surface area (Å²) in [4.78, 5) is 26.1. The Labute approximate surface area is 121 Å². The first-order valence-corrected chi connectivity index (χ1v) is 7.12. The zero-order chi connectivity index (χ0) is 14.6. The number of amides is 1. The number of fused-ring (bicyclic) bond motifs is 3. The van der Waals surface area contributed by atoms with E-state index in [1.807, 2.05) is 30.3 Å². The van der Waals surface area contributed by atoms with Crippen LogP contribution in [0.15, 0.2) is 36.4 Å². The Kier molecular flexibility index (Phi) is 2.65. The summed E-state index contributed by atoms with van der Waals surface area (Å²) in [5.41, 5.74) is 2.04. The number of hydrogen-bond acceptors (Lipinski definition) is 3. The first-order valence-electron chi connectivity index (χ1n) is 7.12. The van der Waals surface area contributed by atoms with Crippen LogP contribution in [0.3, 0.4) is 0 Å². The third kappa shape index (κ3) is 1.74. The fourth-order valence-corrected chi connectivity index (χ4v) is 3.64. The van der Waals surface area contributed by atoms with E-state index in [9.17, 15) is 14.7 Å². The number of rotatable bonds is 2. The molecule has 1 aromatic carbocycles. The van der Waals surface area contributed by atoms with Crippen molar-refractivity contribution in [3.8, 4) is 0 Å². The van der Waals surface area contributed by atoms with E-state index in [0.717, 1.165) is 17.7 Å². The first kappa shape index (κ1) is 12.6. The Balaban J connectivity index is 1.67. The minimum Gasteiger partial charge on any atom is -0.481 e. The zero-order valence-electron chi connectivity index (χ0n) is 11.3. The highest BCUT2D eigenvalue weighted by molar-refractivity contribution is 6.00. The lowest BCUT2D eigenvalue weighted by molar-refractivity contribution is -0.146. The van der Waals surface area contributed by atoms with Crippen LogP contribution in [-0.2, 0) is 20.7 Å². The number of para-hydroxylation sites is 1. The molecule has 4 rings (SSSR count). The van der Waals surface area contributed by atoms with Crippen molar-refractivity contribution in [3.05, 3.63) is 42.0 Å². The van der Waals surface area contributed by atoms with E-state index in [-0.39, 0.29) is 5.91 Å². The van der Waals surface area contributed by atoms with Crippen molar-refractivity contribution < 1.29 is 19.4 Å². The molecule has 5 nitrogen and oxygen atoms in total. The molecule has 2 bridgehead atoms. The second-order valence-electron chi connectivity index (χ2n) is 5.71. The predicted octanol–water partition coefficient (Wildman–Crippen LogP) is 1.23. The van der Waals surface area contributed by atoms with Crippen molar-refractivity contribution in [2.45, 2.75) is 18.6 Å². The van der Waals surface area contributed by atoms with Gasteiger partial charge in [0.2, 0.25) is 5.91 Å². The Bertz CT molecular complexity index is 653. The molecule has 0 saturated carbocycles. The largest absolute Gasteiger partial charge is 0.481 e. The summed E-state index contributed by atoms with van der Waals surface area (Å²) in [5, 5.41) is 9.41. The average molecular weight is 285 g/mol. The minimum absolute atomic E-state index is 0.135. The molecule has 3 aliphatic rings. The molecule has 0 aliphatic carbocycles. The van der Waals surface area contributed by atoms with E-state index in [1.165, 1.54) is 0 Å². The monoisotopic (exact) mass is 285 g/mol. The van der Waals surface area contributed by atoms with E-state index < -0.39 is 30.0 Å². The number of carbonyl (C=O) groups excluding carboxylic acids is 1. The molecule has 1 fully saturated rings. The molecular weight excluding hydrogens is 270 g/mol. The van der Waals surface area contributed by atoms with Crippen molar-refractivity contribution >= 4 is 17.6 Å². The highest BCUT2D eigenvalue weighted by atomic mass is 16.5. The number of anilines is 1. The maximum absolute atomic E-state index is 12.9. The summed E-state index contributed by atoms with van der Waals surface area (Å²) < 4.78 is 5.59. The molecule has 3 heterocycles. The van der Waals surface area contributed by atoms with Gasteiger partial charge in [0.1, 0.15) is 5.92 Å². The van der Waals surface area contributed by atoms with E-state index >= 15 is 0 Å². The van der Waals surface area contributed by atoms with Crippen molar-refractivity contribution in [3.63, 3.8) is 0 Å². The number of ether oxygens (including phenoxy) is 1. The fraction of sp³-hybridized carbons (Fsp3) is 0.375. The number of hydrogen-bond donors (Lipinski definition) is 1. The van der Waals surface area contributed by atoms with E-state index in [4.69, 9.17) is 4.74 Å². The third-order valence-electron chi connectivity index (χ3n) is 4.62. The Hall–Kier alpha value is -2.14. The Morgan fingerprint density at radius 1 is 1.14 bits per heavy atom. The maximum atomic E-state index is 12.9. The van der Waals surface area contributed by atoms with E-state index in [1.54, 1.807) is 11.0 Å². The second kappa shape index (κ2) is 4.43. The molecule has 4 atom stereocenters. The van der Waals surface area contributed by atoms with Gasteiger partial charge in [0, 0.05) is 12.2 Å². The van der Waals surface area contributed by atoms with Crippen molar-refractivity contribution in [2.75, 3.05) is 11.4 Å². The van der Waals surface area contributed by atoms with Gasteiger partial charge in [-0.05, 0) is 18.1 Å². The van der Waals surface area contributed by atoms with Crippen LogP contribution in [0.2, 0.25) is 0 Å². The smallest absolute Gasteiger partial charge is 0.310 e. The summed E-state index contributed by atoms with van der Waals surface area (Å²) in [5.74, 6) is -2.49. The normalized spacial score (nSPS) is 32.5. The van der Waals surface area contributed by atoms with Gasteiger partial charge in [-0.2, -0.15) is 0 Å². The lowest BCUT2D eigenvalue weighted by atomic mass is 9.82. The topological polar surface area (TPSA) is 66.8 Å². The van der Waals surface area contributed by atoms with Crippen molar-refractivity contribution in [2.24, 2.45) is 11.8 Å². The van der Waals surface area contributed by atoms with Crippen LogP contribution in [0.5, 0.6) is 0 Å². The number of carbonyl (C=O) groups is 2. The van der Waals surface area contributed by atoms with Gasteiger partial charge in [-0.15, -0.1) is 0 Å². The summed E-state index contributed by atoms with van der Waals surface area (Å²) in [6.45, 7) is 0.613. The standard InChI is InChI=1S/C16H15NO4/c18-15(17-8-7-9-3-1-2-4-10(9)17)13-11-5-6-12(21-11)14(13)16(19)20/h1-6,11-14H,7-8H2,(H,19,20)/t11-,12+,13+,14+/m1/s1. The zero-order valence-corrected chi connectivity index (χ0v) is 11.3. The minimum atomic E-state index is -0.960. The van der Waals surface area contributed by atoms with Gasteiger partial charge < -0.3 is 14.7 Å². The quantitative estimate of drug-likeness (QED) is 0.830. The number of aliphatic carboxylic acids is 1. The van der Waals surface area contributed by atoms with Gasteiger partial charge in [-0.25, -0.2) is 0 Å². The van der Waals surface area contributed by atoms with Gasteiger partial charge in [-0.1, -0.05) is 30.4 Å². The molecule has 0 unspecified atom stereocenters. The number of carboxylic acids is 1. The molecule has 3 aliphatic heterocycles. The molecule has 1 aromatic rings. The Morgan fingerprint density at radius 2 is 1.86 bits per heavy atom. The van der Waals surface area contributed by atoms with Crippen LogP contribution < -0.4 is 4.90 Å². The average Bonchev–Trinajstić information content (AvgIpc) is 3.19. The van der Waals surface area contributed by atoms with Crippen LogP contribution in [0.4, 0.5) is 5.69 Å². The van der Waals surface area contributed by atoms with Crippen LogP contribution in [-0.4, -0.2) is 35.7 Å². The van der Waals surface area contributed by atoms with Crippen molar-refractivity contribution in [1.29, 1.82) is 0 Å². The number of carboxylic acid groups (broad SMARTS) is 1. The molecule has 21 heavy (non-hydrogen) atoms. The van der Waals surface area contributed by atoms with E-state index in [0.29, 0.717) is 6.54 Å². The van der Waals surface area contributed by atoms with Gasteiger partial charge in [0.25, 0.3) is 0 Å². The Morgan fingerprint density at radius 3 is 2.62 bits per heavy atom. The third-order valence-corrected chi connectivity index (χ3v) is 4.62. The molecule has 0 radical (unpaired) electrons. The maximum Gasteiger partial charge on any atom is 0.310 e. The van der Waals surface area contributed by atoms with Gasteiger partial charge >= 0.3 is 5.97 Å². The van der Waals surface area contributed by atoms with Gasteiger partial charge in [0.05, 0.1) is 18.1 Å². The summed E-state index contributed by atoms with van der Waals surface area (Å²) in [7, 11) is 0. The molecule has 0 aromatic heterocycles. The van der Waals surface area contributed by atoms with E-state index in [2.05, 4.69) is 0 Å². The van der Waals surface area contributed by atoms with Gasteiger partial charge in [0.15, 0.2) is 0 Å². The lowest BCUT2D eigenvalue weighted by Crippen LogP contribution is -2.44. The lowest BCUT2D eigenvalue weighted by Gasteiger charge is -2.26. The highest BCUT2D eigenvalue weighted by Gasteiger charge is 2.54. The molecule has 1 amide bonds. The van der Waals surface area contributed by atoms with Gasteiger partial charge in [-0.3, -0.25) is 9.59 Å². The second-order valence-corrected chi connectivity index (χ2v) is 5.71. The summed E-state index contributed by atoms with van der Waals surface area (Å²) >= 11 is 0. The van der Waals surface area contributed by atoms with Crippen LogP contribution in [0.1, 0.15) is 5.56 Å². The predicted molar refractivity (Wildman–Crippen MR) is 74.9 cm³/mol. The fourth-order valence-electron chi connectivity index (χ4n) is 3.64. The van der Waals surface area contributed by atoms with Crippen LogP contribution in [0, 0.1) is 11.8 Å². The SMILES string of the molecule is O=C(O)[C@@H]1[C@@H](C(=O)N2CCc3ccccc32)[C@H]2C=C[C@@H]1O2. The molecule has 0 spiro atoms.